The van der Waals surface area contributed by atoms with E-state index in [2.05, 4.69) is 10.3 Å². The van der Waals surface area contributed by atoms with E-state index in [1.54, 1.807) is 0 Å². The molecule has 0 atom stereocenters. The van der Waals surface area contributed by atoms with Gasteiger partial charge >= 0.3 is 6.03 Å². The van der Waals surface area contributed by atoms with Gasteiger partial charge in [-0.25, -0.2) is 4.79 Å². The number of anilines is 1. The number of nitrogens with zero attached hydrogens (tertiary/aromatic N) is 2. The largest absolute Gasteiger partial charge is 0.369 e. The fraction of sp³-hybridized carbons (Fsp3) is 0.273. The third kappa shape index (κ3) is 2.13. The highest BCUT2D eigenvalue weighted by Crippen LogP contribution is 2.11. The number of carbonyl (C=O) groups is 1. The Labute approximate surface area is 94.0 Å². The van der Waals surface area contributed by atoms with E-state index in [9.17, 15) is 4.79 Å². The summed E-state index contributed by atoms with van der Waals surface area (Å²) in [5, 5.41) is 2.78. The van der Waals surface area contributed by atoms with Crippen molar-refractivity contribution < 1.29 is 4.79 Å². The summed E-state index contributed by atoms with van der Waals surface area (Å²) in [6.45, 7) is 3.10. The molecule has 0 saturated carbocycles. The Morgan fingerprint density at radius 3 is 3.00 bits per heavy atom. The maximum Gasteiger partial charge on any atom is 0.328 e. The monoisotopic (exact) mass is 218 g/mol. The number of aryl methyl sites for hydroxylation is 1. The predicted octanol–water partition coefficient (Wildman–Crippen LogP) is 1.16. The van der Waals surface area contributed by atoms with E-state index in [0.29, 0.717) is 13.1 Å². The maximum atomic E-state index is 11.8. The lowest BCUT2D eigenvalue weighted by molar-refractivity contribution is 0.236. The Bertz CT molecular complexity index is 441. The molecule has 3 N–H and O–H groups in total. The Kier molecular flexibility index (Phi) is 2.76. The van der Waals surface area contributed by atoms with E-state index in [1.807, 2.05) is 31.2 Å². The van der Waals surface area contributed by atoms with Crippen LogP contribution >= 0.6 is 0 Å². The zero-order valence-electron chi connectivity index (χ0n) is 9.10. The van der Waals surface area contributed by atoms with Crippen LogP contribution in [0.15, 0.2) is 29.3 Å². The fourth-order valence-corrected chi connectivity index (χ4v) is 1.58. The first-order valence-electron chi connectivity index (χ1n) is 5.12. The average molecular weight is 218 g/mol. The molecule has 84 valence electrons. The van der Waals surface area contributed by atoms with Gasteiger partial charge in [-0.3, -0.25) is 9.89 Å². The molecule has 0 aliphatic carbocycles. The van der Waals surface area contributed by atoms with Gasteiger partial charge in [-0.15, -0.1) is 0 Å². The van der Waals surface area contributed by atoms with Gasteiger partial charge in [0, 0.05) is 5.69 Å². The molecule has 0 unspecified atom stereocenters. The van der Waals surface area contributed by atoms with Crippen molar-refractivity contribution in [1.29, 1.82) is 0 Å². The van der Waals surface area contributed by atoms with Crippen LogP contribution in [-0.2, 0) is 0 Å². The summed E-state index contributed by atoms with van der Waals surface area (Å²) >= 11 is 0. The van der Waals surface area contributed by atoms with Gasteiger partial charge in [0.1, 0.15) is 0 Å². The summed E-state index contributed by atoms with van der Waals surface area (Å²) in [4.78, 5) is 17.2. The van der Waals surface area contributed by atoms with Gasteiger partial charge in [-0.1, -0.05) is 12.1 Å². The van der Waals surface area contributed by atoms with E-state index in [0.717, 1.165) is 11.3 Å². The molecule has 1 heterocycles. The lowest BCUT2D eigenvalue weighted by Gasteiger charge is -2.16. The molecule has 1 aromatic rings. The van der Waals surface area contributed by atoms with Crippen molar-refractivity contribution in [3.05, 3.63) is 29.8 Å². The number of amides is 2. The molecule has 1 aliphatic heterocycles. The van der Waals surface area contributed by atoms with Crippen molar-refractivity contribution in [2.24, 2.45) is 10.7 Å². The standard InChI is InChI=1S/C11H14N4O/c1-8-3-2-4-9(7-8)14-11(16)15-6-5-13-10(15)12/h2-4,7H,5-6H2,1H3,(H2,12,13)(H,14,16). The molecule has 5 nitrogen and oxygen atoms in total. The summed E-state index contributed by atoms with van der Waals surface area (Å²) in [6.07, 6.45) is 0. The van der Waals surface area contributed by atoms with E-state index < -0.39 is 0 Å². The molecule has 5 heteroatoms. The van der Waals surface area contributed by atoms with Gasteiger partial charge in [0.05, 0.1) is 13.1 Å². The number of benzene rings is 1. The highest BCUT2D eigenvalue weighted by atomic mass is 16.2. The molecule has 0 radical (unpaired) electrons. The second kappa shape index (κ2) is 4.22. The van der Waals surface area contributed by atoms with Crippen molar-refractivity contribution in [3.63, 3.8) is 0 Å². The van der Waals surface area contributed by atoms with Gasteiger partial charge in [0.15, 0.2) is 5.96 Å². The minimum atomic E-state index is -0.232. The molecule has 2 rings (SSSR count). The average Bonchev–Trinajstić information content (AvgIpc) is 2.64. The van der Waals surface area contributed by atoms with Gasteiger partial charge in [-0.2, -0.15) is 0 Å². The molecular weight excluding hydrogens is 204 g/mol. The molecule has 0 bridgehead atoms. The number of urea groups is 1. The molecule has 16 heavy (non-hydrogen) atoms. The van der Waals surface area contributed by atoms with Crippen LogP contribution in [0.3, 0.4) is 0 Å². The van der Waals surface area contributed by atoms with Gasteiger partial charge < -0.3 is 11.1 Å². The molecule has 1 aromatic carbocycles. The lowest BCUT2D eigenvalue weighted by Crippen LogP contribution is -2.41. The minimum absolute atomic E-state index is 0.232. The Balaban J connectivity index is 2.05. The highest BCUT2D eigenvalue weighted by molar-refractivity contribution is 6.02. The second-order valence-electron chi connectivity index (χ2n) is 3.69. The normalized spacial score (nSPS) is 14.8. The van der Waals surface area contributed by atoms with Crippen molar-refractivity contribution >= 4 is 17.7 Å². The molecule has 0 spiro atoms. The van der Waals surface area contributed by atoms with Gasteiger partial charge in [0.25, 0.3) is 0 Å². The first-order chi connectivity index (χ1) is 7.66. The van der Waals surface area contributed by atoms with Crippen LogP contribution in [0.2, 0.25) is 0 Å². The number of nitrogens with two attached hydrogens (primary N) is 1. The lowest BCUT2D eigenvalue weighted by atomic mass is 10.2. The first-order valence-corrected chi connectivity index (χ1v) is 5.12. The fourth-order valence-electron chi connectivity index (χ4n) is 1.58. The van der Waals surface area contributed by atoms with Crippen molar-refractivity contribution in [2.45, 2.75) is 6.92 Å². The Morgan fingerprint density at radius 2 is 2.38 bits per heavy atom. The summed E-state index contributed by atoms with van der Waals surface area (Å²) in [6, 6.07) is 7.38. The zero-order chi connectivity index (χ0) is 11.5. The molecule has 0 saturated heterocycles. The Hall–Kier alpha value is -2.04. The highest BCUT2D eigenvalue weighted by Gasteiger charge is 2.20. The Morgan fingerprint density at radius 1 is 1.56 bits per heavy atom. The summed E-state index contributed by atoms with van der Waals surface area (Å²) in [5.41, 5.74) is 7.44. The third-order valence-corrected chi connectivity index (χ3v) is 2.39. The van der Waals surface area contributed by atoms with Crippen LogP contribution in [-0.4, -0.2) is 30.0 Å². The number of nitrogens with one attached hydrogen (secondary N) is 1. The number of aliphatic imine (C=N–C) groups is 1. The summed E-state index contributed by atoms with van der Waals surface area (Å²) in [7, 11) is 0. The first kappa shape index (κ1) is 10.5. The van der Waals surface area contributed by atoms with Crippen LogP contribution < -0.4 is 11.1 Å². The van der Waals surface area contributed by atoms with Crippen LogP contribution in [0.4, 0.5) is 10.5 Å². The number of rotatable bonds is 1. The minimum Gasteiger partial charge on any atom is -0.369 e. The zero-order valence-corrected chi connectivity index (χ0v) is 9.10. The van der Waals surface area contributed by atoms with E-state index >= 15 is 0 Å². The smallest absolute Gasteiger partial charge is 0.328 e. The molecule has 0 fully saturated rings. The third-order valence-electron chi connectivity index (χ3n) is 2.39. The maximum absolute atomic E-state index is 11.8. The second-order valence-corrected chi connectivity index (χ2v) is 3.69. The van der Waals surface area contributed by atoms with Crippen molar-refractivity contribution in [3.8, 4) is 0 Å². The van der Waals surface area contributed by atoms with Crippen LogP contribution in [0, 0.1) is 6.92 Å². The quantitative estimate of drug-likeness (QED) is 0.742. The van der Waals surface area contributed by atoms with E-state index in [-0.39, 0.29) is 12.0 Å². The van der Waals surface area contributed by atoms with Gasteiger partial charge in [-0.05, 0) is 24.6 Å². The molecule has 0 aromatic heterocycles. The molecule has 2 amide bonds. The number of hydrogen-bond acceptors (Lipinski definition) is 3. The van der Waals surface area contributed by atoms with Crippen molar-refractivity contribution in [1.82, 2.24) is 4.90 Å². The number of carbonyl (C=O) groups excluding carboxylic acids is 1. The number of guanidine groups is 1. The van der Waals surface area contributed by atoms with Gasteiger partial charge in [0.2, 0.25) is 0 Å². The predicted molar refractivity (Wildman–Crippen MR) is 63.4 cm³/mol. The van der Waals surface area contributed by atoms with E-state index in [1.165, 1.54) is 4.90 Å². The summed E-state index contributed by atoms with van der Waals surface area (Å²) in [5.74, 6) is 0.283. The van der Waals surface area contributed by atoms with Crippen molar-refractivity contribution in [2.75, 3.05) is 18.4 Å². The SMILES string of the molecule is Cc1cccc(NC(=O)N2CCN=C2N)c1. The topological polar surface area (TPSA) is 70.7 Å². The van der Waals surface area contributed by atoms with E-state index in [4.69, 9.17) is 5.73 Å². The molecular formula is C11H14N4O. The van der Waals surface area contributed by atoms with Crippen LogP contribution in [0.25, 0.3) is 0 Å². The van der Waals surface area contributed by atoms with Crippen LogP contribution in [0.1, 0.15) is 5.56 Å². The number of hydrogen-bond donors (Lipinski definition) is 2. The van der Waals surface area contributed by atoms with Crippen LogP contribution in [0.5, 0.6) is 0 Å². The summed E-state index contributed by atoms with van der Waals surface area (Å²) < 4.78 is 0. The molecule has 1 aliphatic rings.